The van der Waals surface area contributed by atoms with Crippen molar-refractivity contribution in [3.05, 3.63) is 57.3 Å². The van der Waals surface area contributed by atoms with E-state index in [2.05, 4.69) is 21.7 Å². The molecular weight excluding hydrogens is 468 g/mol. The second-order valence-electron chi connectivity index (χ2n) is 10.3. The van der Waals surface area contributed by atoms with Gasteiger partial charge in [0.05, 0.1) is 12.3 Å². The first kappa shape index (κ1) is 22.4. The van der Waals surface area contributed by atoms with Crippen LogP contribution in [0.25, 0.3) is 10.2 Å². The lowest BCUT2D eigenvalue weighted by Gasteiger charge is -2.41. The van der Waals surface area contributed by atoms with Crippen LogP contribution in [-0.4, -0.2) is 57.2 Å². The van der Waals surface area contributed by atoms with Crippen molar-refractivity contribution >= 4 is 39.1 Å². The van der Waals surface area contributed by atoms with Gasteiger partial charge in [-0.2, -0.15) is 0 Å². The fraction of sp³-hybridized carbons (Fsp3) is 0.500. The van der Waals surface area contributed by atoms with E-state index in [0.717, 1.165) is 59.4 Å². The number of piperidine rings is 1. The molecule has 5 atom stereocenters. The highest BCUT2D eigenvalue weighted by Gasteiger charge is 2.47. The molecule has 8 heteroatoms. The minimum atomic E-state index is -0.238. The Hall–Kier alpha value is -2.06. The number of aliphatic hydroxyl groups excluding tert-OH is 1. The third-order valence-electron chi connectivity index (χ3n) is 8.09. The van der Waals surface area contributed by atoms with Crippen molar-refractivity contribution in [1.29, 1.82) is 0 Å². The Kier molecular flexibility index (Phi) is 5.44. The lowest BCUT2D eigenvalue weighted by atomic mass is 9.87. The molecule has 3 fully saturated rings. The van der Waals surface area contributed by atoms with Gasteiger partial charge in [-0.05, 0) is 74.1 Å². The number of hydrogen-bond donors (Lipinski definition) is 2. The Morgan fingerprint density at radius 1 is 1.29 bits per heavy atom. The van der Waals surface area contributed by atoms with Crippen LogP contribution in [0.5, 0.6) is 0 Å². The highest BCUT2D eigenvalue weighted by Crippen LogP contribution is 2.57. The molecule has 2 aliphatic heterocycles. The van der Waals surface area contributed by atoms with E-state index < -0.39 is 0 Å². The van der Waals surface area contributed by atoms with Crippen LogP contribution in [0.15, 0.2) is 29.6 Å². The number of rotatable bonds is 5. The lowest BCUT2D eigenvalue weighted by molar-refractivity contribution is 0.0566. The van der Waals surface area contributed by atoms with Gasteiger partial charge in [-0.15, -0.1) is 11.3 Å². The van der Waals surface area contributed by atoms with Crippen molar-refractivity contribution < 1.29 is 9.90 Å². The Morgan fingerprint density at radius 3 is 2.94 bits per heavy atom. The summed E-state index contributed by atoms with van der Waals surface area (Å²) in [6.45, 7) is 2.06. The molecule has 3 aliphatic rings. The third-order valence-corrected chi connectivity index (χ3v) is 9.22. The van der Waals surface area contributed by atoms with Gasteiger partial charge < -0.3 is 15.3 Å². The number of nitrogens with zero attached hydrogens (tertiary/aromatic N) is 3. The lowest BCUT2D eigenvalue weighted by Crippen LogP contribution is -2.57. The summed E-state index contributed by atoms with van der Waals surface area (Å²) in [6.07, 6.45) is 4.75. The average molecular weight is 497 g/mol. The summed E-state index contributed by atoms with van der Waals surface area (Å²) >= 11 is 8.39. The van der Waals surface area contributed by atoms with Crippen LogP contribution in [0.2, 0.25) is 5.02 Å². The van der Waals surface area contributed by atoms with Gasteiger partial charge in [0, 0.05) is 46.6 Å². The van der Waals surface area contributed by atoms with E-state index in [4.69, 9.17) is 16.6 Å². The molecule has 1 aromatic carbocycles. The molecule has 2 aromatic heterocycles. The van der Waals surface area contributed by atoms with Crippen LogP contribution in [-0.2, 0) is 0 Å². The quantitative estimate of drug-likeness (QED) is 0.538. The SMILES string of the molecule is Cc1nc([C@H]2C[C@@H]2c2ccc(C(=O)N(C)[C@H]3C[C@@H]4CC[C@](CO)(C3)N4)cc2Cl)c2ccsc2n1. The zero-order valence-corrected chi connectivity index (χ0v) is 21.0. The molecule has 4 heterocycles. The number of hydrogen-bond acceptors (Lipinski definition) is 6. The van der Waals surface area contributed by atoms with E-state index in [1.165, 1.54) is 0 Å². The number of nitrogens with one attached hydrogen (secondary N) is 1. The topological polar surface area (TPSA) is 78.4 Å². The molecule has 3 aromatic rings. The molecule has 1 aliphatic carbocycles. The van der Waals surface area contributed by atoms with Crippen molar-refractivity contribution in [2.24, 2.45) is 0 Å². The summed E-state index contributed by atoms with van der Waals surface area (Å²) in [7, 11) is 1.88. The van der Waals surface area contributed by atoms with Crippen molar-refractivity contribution in [2.75, 3.05) is 13.7 Å². The average Bonchev–Trinajstić information content (AvgIpc) is 3.37. The number of benzene rings is 1. The smallest absolute Gasteiger partial charge is 0.253 e. The molecule has 2 saturated heterocycles. The van der Waals surface area contributed by atoms with Gasteiger partial charge in [0.25, 0.3) is 5.91 Å². The molecule has 178 valence electrons. The van der Waals surface area contributed by atoms with E-state index in [0.29, 0.717) is 28.5 Å². The molecular formula is C26H29ClN4O2S. The highest BCUT2D eigenvalue weighted by atomic mass is 35.5. The summed E-state index contributed by atoms with van der Waals surface area (Å²) in [5.74, 6) is 1.45. The Balaban J connectivity index is 1.20. The van der Waals surface area contributed by atoms with E-state index in [1.54, 1.807) is 11.3 Å². The van der Waals surface area contributed by atoms with Gasteiger partial charge in [-0.25, -0.2) is 9.97 Å². The van der Waals surface area contributed by atoms with Crippen LogP contribution >= 0.6 is 22.9 Å². The molecule has 6 rings (SSSR count). The highest BCUT2D eigenvalue weighted by molar-refractivity contribution is 7.16. The number of amides is 1. The first-order valence-electron chi connectivity index (χ1n) is 12.0. The van der Waals surface area contributed by atoms with Crippen LogP contribution < -0.4 is 5.32 Å². The molecule has 34 heavy (non-hydrogen) atoms. The van der Waals surface area contributed by atoms with Gasteiger partial charge in [0.2, 0.25) is 0 Å². The summed E-state index contributed by atoms with van der Waals surface area (Å²) in [5.41, 5.74) is 2.58. The number of aliphatic hydroxyl groups is 1. The summed E-state index contributed by atoms with van der Waals surface area (Å²) in [6, 6.07) is 8.37. The van der Waals surface area contributed by atoms with E-state index >= 15 is 0 Å². The van der Waals surface area contributed by atoms with E-state index in [9.17, 15) is 9.90 Å². The minimum Gasteiger partial charge on any atom is -0.394 e. The number of fused-ring (bicyclic) bond motifs is 3. The maximum absolute atomic E-state index is 13.3. The second-order valence-corrected chi connectivity index (χ2v) is 11.6. The minimum absolute atomic E-state index is 0.00778. The number of carbonyl (C=O) groups is 1. The van der Waals surface area contributed by atoms with Crippen LogP contribution in [0.3, 0.4) is 0 Å². The standard InChI is InChI=1S/C26H29ClN4O2S/c1-14-28-23(19-6-8-34-24(19)29-14)21-11-20(21)18-4-3-15(9-22(18)27)25(33)31(2)17-10-16-5-7-26(12-17,13-32)30-16/h3-4,6,8-9,16-17,20-21,30,32H,5,7,10-13H2,1-2H3/t16-,17-,20+,21-,26+/m0/s1. The first-order chi connectivity index (χ1) is 16.4. The molecule has 1 saturated carbocycles. The Labute approximate surface area is 208 Å². The summed E-state index contributed by atoms with van der Waals surface area (Å²) in [4.78, 5) is 25.5. The number of halogens is 1. The Bertz CT molecular complexity index is 1280. The maximum Gasteiger partial charge on any atom is 0.253 e. The zero-order valence-electron chi connectivity index (χ0n) is 19.4. The van der Waals surface area contributed by atoms with Crippen LogP contribution in [0.1, 0.15) is 71.4 Å². The molecule has 2 bridgehead atoms. The molecule has 1 amide bonds. The normalized spacial score (nSPS) is 30.0. The fourth-order valence-corrected chi connectivity index (χ4v) is 7.29. The first-order valence-corrected chi connectivity index (χ1v) is 13.3. The van der Waals surface area contributed by atoms with Gasteiger partial charge in [0.15, 0.2) is 0 Å². The van der Waals surface area contributed by atoms with Crippen molar-refractivity contribution in [3.8, 4) is 0 Å². The molecule has 0 unspecified atom stereocenters. The third kappa shape index (κ3) is 3.73. The van der Waals surface area contributed by atoms with Gasteiger partial charge in [-0.3, -0.25) is 4.79 Å². The number of carbonyl (C=O) groups excluding carboxylic acids is 1. The maximum atomic E-state index is 13.3. The van der Waals surface area contributed by atoms with Crippen molar-refractivity contribution in [1.82, 2.24) is 20.2 Å². The van der Waals surface area contributed by atoms with E-state index in [-0.39, 0.29) is 24.1 Å². The van der Waals surface area contributed by atoms with Crippen LogP contribution in [0, 0.1) is 6.92 Å². The molecule has 6 nitrogen and oxygen atoms in total. The number of aromatic nitrogens is 2. The predicted octanol–water partition coefficient (Wildman–Crippen LogP) is 4.64. The fourth-order valence-electron chi connectivity index (χ4n) is 6.16. The monoisotopic (exact) mass is 496 g/mol. The van der Waals surface area contributed by atoms with Crippen LogP contribution in [0.4, 0.5) is 0 Å². The van der Waals surface area contributed by atoms with Gasteiger partial charge >= 0.3 is 0 Å². The second kappa shape index (κ2) is 8.26. The number of aryl methyl sites for hydroxylation is 1. The van der Waals surface area contributed by atoms with Crippen molar-refractivity contribution in [2.45, 2.75) is 68.5 Å². The van der Waals surface area contributed by atoms with Gasteiger partial charge in [0.1, 0.15) is 10.7 Å². The van der Waals surface area contributed by atoms with Gasteiger partial charge in [-0.1, -0.05) is 17.7 Å². The van der Waals surface area contributed by atoms with E-state index in [1.807, 2.05) is 37.1 Å². The number of thiophene rings is 1. The zero-order chi connectivity index (χ0) is 23.6. The van der Waals surface area contributed by atoms with Crippen molar-refractivity contribution in [3.63, 3.8) is 0 Å². The molecule has 0 spiro atoms. The predicted molar refractivity (Wildman–Crippen MR) is 135 cm³/mol. The largest absolute Gasteiger partial charge is 0.394 e. The summed E-state index contributed by atoms with van der Waals surface area (Å²) < 4.78 is 0. The Morgan fingerprint density at radius 2 is 2.15 bits per heavy atom. The molecule has 2 N–H and O–H groups in total. The summed E-state index contributed by atoms with van der Waals surface area (Å²) in [5, 5.41) is 17.3. The molecule has 0 radical (unpaired) electrons.